The predicted molar refractivity (Wildman–Crippen MR) is 93.8 cm³/mol. The summed E-state index contributed by atoms with van der Waals surface area (Å²) in [7, 11) is 1.95. The number of amides is 3. The number of hydrogen-bond acceptors (Lipinski definition) is 5. The third-order valence-corrected chi connectivity index (χ3v) is 4.72. The molecule has 2 aliphatic rings. The van der Waals surface area contributed by atoms with Gasteiger partial charge in [0.2, 0.25) is 12.7 Å². The fraction of sp³-hybridized carbons (Fsp3) is 0.556. The summed E-state index contributed by atoms with van der Waals surface area (Å²) in [5.74, 6) is 0.925. The van der Waals surface area contributed by atoms with Gasteiger partial charge >= 0.3 is 6.03 Å². The maximum atomic E-state index is 12.1. The van der Waals surface area contributed by atoms with E-state index in [1.807, 2.05) is 7.05 Å². The molecule has 1 aromatic carbocycles. The molecule has 0 spiro atoms. The van der Waals surface area contributed by atoms with Crippen LogP contribution < -0.4 is 20.1 Å². The van der Waals surface area contributed by atoms with Crippen LogP contribution in [-0.4, -0.2) is 43.3 Å². The minimum Gasteiger partial charge on any atom is -0.454 e. The summed E-state index contributed by atoms with van der Waals surface area (Å²) in [4.78, 5) is 26.2. The van der Waals surface area contributed by atoms with Crippen LogP contribution in [0, 0.1) is 0 Å². The molecule has 136 valence electrons. The van der Waals surface area contributed by atoms with Crippen molar-refractivity contribution in [1.82, 2.24) is 10.2 Å². The molecular formula is C18H25N3O4. The number of carbonyl (C=O) groups excluding carboxylic acids is 2. The summed E-state index contributed by atoms with van der Waals surface area (Å²) >= 11 is 0. The summed E-state index contributed by atoms with van der Waals surface area (Å²) < 4.78 is 10.5. The number of carbonyl (C=O) groups is 2. The van der Waals surface area contributed by atoms with Crippen molar-refractivity contribution in [3.8, 4) is 11.5 Å². The average Bonchev–Trinajstić information content (AvgIpc) is 2.86. The normalized spacial score (nSPS) is 17.2. The summed E-state index contributed by atoms with van der Waals surface area (Å²) in [6, 6.07) is 4.97. The first kappa shape index (κ1) is 17.5. The van der Waals surface area contributed by atoms with Crippen LogP contribution >= 0.6 is 0 Å². The Morgan fingerprint density at radius 3 is 2.60 bits per heavy atom. The van der Waals surface area contributed by atoms with Gasteiger partial charge in [0.25, 0.3) is 0 Å². The van der Waals surface area contributed by atoms with Gasteiger partial charge in [-0.1, -0.05) is 25.7 Å². The zero-order valence-electron chi connectivity index (χ0n) is 14.5. The van der Waals surface area contributed by atoms with Crippen LogP contribution in [0.25, 0.3) is 0 Å². The summed E-state index contributed by atoms with van der Waals surface area (Å²) in [6.45, 7) is 0.399. The van der Waals surface area contributed by atoms with Gasteiger partial charge in [-0.2, -0.15) is 0 Å². The minimum atomic E-state index is -0.543. The lowest BCUT2D eigenvalue weighted by Gasteiger charge is -2.26. The van der Waals surface area contributed by atoms with Gasteiger partial charge in [0.15, 0.2) is 11.5 Å². The minimum absolute atomic E-state index is 0.178. The van der Waals surface area contributed by atoms with Gasteiger partial charge in [0.1, 0.15) is 0 Å². The van der Waals surface area contributed by atoms with E-state index in [-0.39, 0.29) is 19.2 Å². The highest BCUT2D eigenvalue weighted by Gasteiger charge is 2.20. The van der Waals surface area contributed by atoms with Gasteiger partial charge in [-0.05, 0) is 32.0 Å². The molecule has 1 saturated carbocycles. The second-order valence-corrected chi connectivity index (χ2v) is 6.63. The molecule has 0 saturated heterocycles. The largest absolute Gasteiger partial charge is 0.454 e. The molecule has 0 unspecified atom stereocenters. The highest BCUT2D eigenvalue weighted by molar-refractivity contribution is 6.01. The van der Waals surface area contributed by atoms with Crippen LogP contribution in [0.5, 0.6) is 11.5 Å². The zero-order chi connectivity index (χ0) is 17.6. The van der Waals surface area contributed by atoms with Crippen molar-refractivity contribution in [1.29, 1.82) is 0 Å². The number of ether oxygens (including phenoxy) is 2. The van der Waals surface area contributed by atoms with Crippen molar-refractivity contribution in [3.63, 3.8) is 0 Å². The maximum absolute atomic E-state index is 12.1. The Morgan fingerprint density at radius 2 is 1.84 bits per heavy atom. The van der Waals surface area contributed by atoms with Crippen molar-refractivity contribution in [2.75, 3.05) is 25.7 Å². The number of nitrogens with one attached hydrogen (secondary N) is 2. The molecule has 1 aliphatic carbocycles. The van der Waals surface area contributed by atoms with E-state index in [1.165, 1.54) is 25.7 Å². The van der Waals surface area contributed by atoms with Gasteiger partial charge < -0.3 is 14.8 Å². The first-order chi connectivity index (χ1) is 12.1. The SMILES string of the molecule is CN(CC(=O)NC(=O)Nc1ccc2c(c1)OCO2)C1CCCCCC1. The van der Waals surface area contributed by atoms with Crippen molar-refractivity contribution in [3.05, 3.63) is 18.2 Å². The number of imide groups is 1. The first-order valence-electron chi connectivity index (χ1n) is 8.82. The third kappa shape index (κ3) is 4.85. The molecule has 7 heteroatoms. The molecule has 1 aromatic rings. The molecule has 0 radical (unpaired) electrons. The number of fused-ring (bicyclic) bond motifs is 1. The molecule has 2 N–H and O–H groups in total. The van der Waals surface area contributed by atoms with Gasteiger partial charge in [0, 0.05) is 17.8 Å². The lowest BCUT2D eigenvalue weighted by molar-refractivity contribution is -0.121. The maximum Gasteiger partial charge on any atom is 0.325 e. The molecule has 7 nitrogen and oxygen atoms in total. The molecule has 1 heterocycles. The molecule has 3 rings (SSSR count). The Morgan fingerprint density at radius 1 is 1.12 bits per heavy atom. The number of likely N-dealkylation sites (N-methyl/N-ethyl adjacent to an activating group) is 1. The lowest BCUT2D eigenvalue weighted by atomic mass is 10.1. The fourth-order valence-corrected chi connectivity index (χ4v) is 3.36. The average molecular weight is 347 g/mol. The van der Waals surface area contributed by atoms with E-state index in [4.69, 9.17) is 9.47 Å². The van der Waals surface area contributed by atoms with E-state index in [0.29, 0.717) is 23.2 Å². The van der Waals surface area contributed by atoms with E-state index in [1.54, 1.807) is 18.2 Å². The molecular weight excluding hydrogens is 322 g/mol. The highest BCUT2D eigenvalue weighted by Crippen LogP contribution is 2.34. The van der Waals surface area contributed by atoms with Crippen LogP contribution in [0.3, 0.4) is 0 Å². The number of benzene rings is 1. The molecule has 25 heavy (non-hydrogen) atoms. The van der Waals surface area contributed by atoms with Gasteiger partial charge in [-0.3, -0.25) is 15.0 Å². The second-order valence-electron chi connectivity index (χ2n) is 6.63. The van der Waals surface area contributed by atoms with Crippen LogP contribution in [-0.2, 0) is 4.79 Å². The monoisotopic (exact) mass is 347 g/mol. The molecule has 1 aliphatic heterocycles. The Balaban J connectivity index is 1.46. The number of urea groups is 1. The van der Waals surface area contributed by atoms with Gasteiger partial charge in [-0.15, -0.1) is 0 Å². The number of nitrogens with zero attached hydrogens (tertiary/aromatic N) is 1. The van der Waals surface area contributed by atoms with Gasteiger partial charge in [-0.25, -0.2) is 4.79 Å². The first-order valence-corrected chi connectivity index (χ1v) is 8.82. The standard InChI is InChI=1S/C18H25N3O4/c1-21(14-6-4-2-3-5-7-14)11-17(22)20-18(23)19-13-8-9-15-16(10-13)25-12-24-15/h8-10,14H,2-7,11-12H2,1H3,(H2,19,20,22,23). The summed E-state index contributed by atoms with van der Waals surface area (Å²) in [6.07, 6.45) is 7.20. The van der Waals surface area contributed by atoms with E-state index >= 15 is 0 Å². The van der Waals surface area contributed by atoms with Crippen LogP contribution in [0.1, 0.15) is 38.5 Å². The topological polar surface area (TPSA) is 79.9 Å². The Hall–Kier alpha value is -2.28. The van der Waals surface area contributed by atoms with Crippen LogP contribution in [0.2, 0.25) is 0 Å². The Kier molecular flexibility index (Phi) is 5.75. The number of hydrogen-bond donors (Lipinski definition) is 2. The summed E-state index contributed by atoms with van der Waals surface area (Å²) in [5, 5.41) is 5.02. The van der Waals surface area contributed by atoms with Crippen LogP contribution in [0.4, 0.5) is 10.5 Å². The van der Waals surface area contributed by atoms with Crippen molar-refractivity contribution < 1.29 is 19.1 Å². The number of anilines is 1. The molecule has 3 amide bonds. The Bertz CT molecular complexity index is 627. The fourth-order valence-electron chi connectivity index (χ4n) is 3.36. The Labute approximate surface area is 147 Å². The van der Waals surface area contributed by atoms with Crippen LogP contribution in [0.15, 0.2) is 18.2 Å². The summed E-state index contributed by atoms with van der Waals surface area (Å²) in [5.41, 5.74) is 0.548. The lowest BCUT2D eigenvalue weighted by Crippen LogP contribution is -2.43. The second kappa shape index (κ2) is 8.20. The highest BCUT2D eigenvalue weighted by atomic mass is 16.7. The van der Waals surface area contributed by atoms with E-state index in [9.17, 15) is 9.59 Å². The van der Waals surface area contributed by atoms with Gasteiger partial charge in [0.05, 0.1) is 6.54 Å². The smallest absolute Gasteiger partial charge is 0.325 e. The van der Waals surface area contributed by atoms with E-state index in [0.717, 1.165) is 12.8 Å². The number of rotatable bonds is 4. The third-order valence-electron chi connectivity index (χ3n) is 4.72. The zero-order valence-corrected chi connectivity index (χ0v) is 14.5. The molecule has 0 bridgehead atoms. The molecule has 0 atom stereocenters. The van der Waals surface area contributed by atoms with Crippen molar-refractivity contribution in [2.24, 2.45) is 0 Å². The van der Waals surface area contributed by atoms with E-state index < -0.39 is 6.03 Å². The van der Waals surface area contributed by atoms with Crippen molar-refractivity contribution >= 4 is 17.6 Å². The molecule has 0 aromatic heterocycles. The van der Waals surface area contributed by atoms with E-state index in [2.05, 4.69) is 15.5 Å². The predicted octanol–water partition coefficient (Wildman–Crippen LogP) is 2.72. The van der Waals surface area contributed by atoms with Crippen molar-refractivity contribution in [2.45, 2.75) is 44.6 Å². The molecule has 1 fully saturated rings. The quantitative estimate of drug-likeness (QED) is 0.819.